The van der Waals surface area contributed by atoms with Gasteiger partial charge in [-0.2, -0.15) is 0 Å². The predicted octanol–water partition coefficient (Wildman–Crippen LogP) is 2.58. The Morgan fingerprint density at radius 3 is 2.70 bits per heavy atom. The number of ether oxygens (including phenoxy) is 1. The first-order chi connectivity index (χ1) is 10.7. The van der Waals surface area contributed by atoms with Crippen molar-refractivity contribution in [3.63, 3.8) is 0 Å². The van der Waals surface area contributed by atoms with Crippen LogP contribution in [0.25, 0.3) is 0 Å². The lowest BCUT2D eigenvalue weighted by atomic mass is 9.90. The fraction of sp³-hybridized carbons (Fsp3) is 0.812. The molecule has 0 aliphatic heterocycles. The van der Waals surface area contributed by atoms with Gasteiger partial charge in [-0.1, -0.05) is 26.0 Å². The zero-order valence-electron chi connectivity index (χ0n) is 15.2. The standard InChI is InChI=1S/C16H29N3O3Si/c1-16(2,3)23(5,6)22-10-9-19-14-8-7-12(15(20)21-4)11-13(14)17-18-19/h12H,7-11H2,1-6H3. The van der Waals surface area contributed by atoms with Gasteiger partial charge in [0.1, 0.15) is 0 Å². The van der Waals surface area contributed by atoms with E-state index in [9.17, 15) is 4.79 Å². The summed E-state index contributed by atoms with van der Waals surface area (Å²) < 4.78 is 13.0. The summed E-state index contributed by atoms with van der Waals surface area (Å²) >= 11 is 0. The average Bonchev–Trinajstić information content (AvgIpc) is 2.87. The van der Waals surface area contributed by atoms with Crippen LogP contribution < -0.4 is 0 Å². The number of hydrogen-bond donors (Lipinski definition) is 0. The van der Waals surface area contributed by atoms with Crippen LogP contribution in [0.3, 0.4) is 0 Å². The lowest BCUT2D eigenvalue weighted by molar-refractivity contribution is -0.145. The molecule has 0 aromatic carbocycles. The second-order valence-electron chi connectivity index (χ2n) is 7.78. The van der Waals surface area contributed by atoms with Crippen molar-refractivity contribution >= 4 is 14.3 Å². The van der Waals surface area contributed by atoms with E-state index < -0.39 is 8.32 Å². The fourth-order valence-corrected chi connectivity index (χ4v) is 3.63. The summed E-state index contributed by atoms with van der Waals surface area (Å²) in [6.45, 7) is 12.6. The summed E-state index contributed by atoms with van der Waals surface area (Å²) in [4.78, 5) is 11.7. The fourth-order valence-electron chi connectivity index (χ4n) is 2.60. The third-order valence-corrected chi connectivity index (χ3v) is 9.73. The Morgan fingerprint density at radius 2 is 2.09 bits per heavy atom. The Balaban J connectivity index is 1.95. The van der Waals surface area contributed by atoms with E-state index in [-0.39, 0.29) is 16.9 Å². The molecule has 0 N–H and O–H groups in total. The second-order valence-corrected chi connectivity index (χ2v) is 12.6. The van der Waals surface area contributed by atoms with Crippen LogP contribution in [0, 0.1) is 5.92 Å². The van der Waals surface area contributed by atoms with Gasteiger partial charge in [-0.15, -0.1) is 5.10 Å². The molecule has 6 nitrogen and oxygen atoms in total. The molecule has 0 radical (unpaired) electrons. The molecule has 1 heterocycles. The Kier molecular flexibility index (Phi) is 5.30. The maximum absolute atomic E-state index is 11.7. The summed E-state index contributed by atoms with van der Waals surface area (Å²) in [6, 6.07) is 0. The van der Waals surface area contributed by atoms with Crippen molar-refractivity contribution in [2.24, 2.45) is 5.92 Å². The van der Waals surface area contributed by atoms with Gasteiger partial charge in [0.2, 0.25) is 0 Å². The maximum atomic E-state index is 11.7. The monoisotopic (exact) mass is 339 g/mol. The van der Waals surface area contributed by atoms with E-state index in [1.54, 1.807) is 0 Å². The van der Waals surface area contributed by atoms with Crippen molar-refractivity contribution in [3.8, 4) is 0 Å². The maximum Gasteiger partial charge on any atom is 0.309 e. The van der Waals surface area contributed by atoms with Crippen LogP contribution in [0.2, 0.25) is 18.1 Å². The summed E-state index contributed by atoms with van der Waals surface area (Å²) in [5.41, 5.74) is 2.07. The van der Waals surface area contributed by atoms with E-state index in [4.69, 9.17) is 9.16 Å². The number of aromatic nitrogens is 3. The molecule has 130 valence electrons. The highest BCUT2D eigenvalue weighted by atomic mass is 28.4. The highest BCUT2D eigenvalue weighted by molar-refractivity contribution is 6.74. The Labute approximate surface area is 139 Å². The Bertz CT molecular complexity index is 563. The first-order valence-corrected chi connectivity index (χ1v) is 11.2. The predicted molar refractivity (Wildman–Crippen MR) is 90.7 cm³/mol. The number of nitrogens with zero attached hydrogens (tertiary/aromatic N) is 3. The largest absolute Gasteiger partial charge is 0.469 e. The van der Waals surface area contributed by atoms with Gasteiger partial charge in [0.25, 0.3) is 0 Å². The SMILES string of the molecule is COC(=O)C1CCc2c(nnn2CCO[Si](C)(C)C(C)(C)C)C1. The van der Waals surface area contributed by atoms with Gasteiger partial charge in [-0.25, -0.2) is 4.68 Å². The van der Waals surface area contributed by atoms with Crippen molar-refractivity contribution in [1.29, 1.82) is 0 Å². The van der Waals surface area contributed by atoms with Crippen molar-refractivity contribution < 1.29 is 14.0 Å². The molecule has 1 aliphatic carbocycles. The number of methoxy groups -OCH3 is 1. The molecule has 0 saturated carbocycles. The van der Waals surface area contributed by atoms with Crippen LogP contribution >= 0.6 is 0 Å². The molecule has 7 heteroatoms. The normalized spacial score (nSPS) is 18.6. The van der Waals surface area contributed by atoms with Crippen molar-refractivity contribution in [1.82, 2.24) is 15.0 Å². The van der Waals surface area contributed by atoms with Gasteiger partial charge in [0.15, 0.2) is 8.32 Å². The molecule has 1 unspecified atom stereocenters. The number of rotatable bonds is 5. The van der Waals surface area contributed by atoms with Crippen LogP contribution in [0.15, 0.2) is 0 Å². The summed E-state index contributed by atoms with van der Waals surface area (Å²) in [6.07, 6.45) is 2.25. The topological polar surface area (TPSA) is 66.2 Å². The smallest absolute Gasteiger partial charge is 0.309 e. The number of carbonyl (C=O) groups is 1. The molecular weight excluding hydrogens is 310 g/mol. The van der Waals surface area contributed by atoms with E-state index in [1.807, 2.05) is 4.68 Å². The minimum atomic E-state index is -1.73. The molecule has 0 fully saturated rings. The summed E-state index contributed by atoms with van der Waals surface area (Å²) in [5, 5.41) is 8.71. The number of esters is 1. The Morgan fingerprint density at radius 1 is 1.39 bits per heavy atom. The van der Waals surface area contributed by atoms with Gasteiger partial charge in [0, 0.05) is 6.42 Å². The highest BCUT2D eigenvalue weighted by Crippen LogP contribution is 2.36. The van der Waals surface area contributed by atoms with Gasteiger partial charge in [-0.05, 0) is 31.0 Å². The van der Waals surface area contributed by atoms with Crippen LogP contribution in [-0.4, -0.2) is 43.0 Å². The van der Waals surface area contributed by atoms with Crippen LogP contribution in [0.1, 0.15) is 38.6 Å². The molecule has 0 spiro atoms. The molecule has 2 rings (SSSR count). The van der Waals surface area contributed by atoms with E-state index in [0.717, 1.165) is 30.8 Å². The van der Waals surface area contributed by atoms with E-state index in [2.05, 4.69) is 44.2 Å². The zero-order valence-corrected chi connectivity index (χ0v) is 16.2. The first-order valence-electron chi connectivity index (χ1n) is 8.29. The molecule has 0 bridgehead atoms. The van der Waals surface area contributed by atoms with E-state index >= 15 is 0 Å². The third-order valence-electron chi connectivity index (χ3n) is 5.19. The lowest BCUT2D eigenvalue weighted by Crippen LogP contribution is -2.41. The minimum absolute atomic E-state index is 0.0823. The second kappa shape index (κ2) is 6.73. The van der Waals surface area contributed by atoms with Crippen molar-refractivity contribution in [2.75, 3.05) is 13.7 Å². The van der Waals surface area contributed by atoms with Crippen LogP contribution in [0.4, 0.5) is 0 Å². The molecule has 1 aliphatic rings. The summed E-state index contributed by atoms with van der Waals surface area (Å²) in [5.74, 6) is -0.229. The van der Waals surface area contributed by atoms with Gasteiger partial charge in [0.05, 0.1) is 37.6 Å². The molecule has 0 amide bonds. The molecule has 1 aromatic rings. The molecule has 0 saturated heterocycles. The van der Waals surface area contributed by atoms with Gasteiger partial charge < -0.3 is 9.16 Å². The Hall–Kier alpha value is -1.21. The zero-order chi connectivity index (χ0) is 17.3. The van der Waals surface area contributed by atoms with E-state index in [1.165, 1.54) is 7.11 Å². The number of fused-ring (bicyclic) bond motifs is 1. The molecular formula is C16H29N3O3Si. The van der Waals surface area contributed by atoms with Gasteiger partial charge >= 0.3 is 5.97 Å². The minimum Gasteiger partial charge on any atom is -0.469 e. The quantitative estimate of drug-likeness (QED) is 0.609. The number of carbonyl (C=O) groups excluding carboxylic acids is 1. The molecule has 1 aromatic heterocycles. The van der Waals surface area contributed by atoms with Crippen LogP contribution in [0.5, 0.6) is 0 Å². The van der Waals surface area contributed by atoms with E-state index in [0.29, 0.717) is 13.0 Å². The van der Waals surface area contributed by atoms with Crippen LogP contribution in [-0.2, 0) is 33.3 Å². The molecule has 1 atom stereocenters. The number of hydrogen-bond acceptors (Lipinski definition) is 5. The highest BCUT2D eigenvalue weighted by Gasteiger charge is 2.37. The third kappa shape index (κ3) is 4.01. The van der Waals surface area contributed by atoms with Gasteiger partial charge in [-0.3, -0.25) is 4.79 Å². The lowest BCUT2D eigenvalue weighted by Gasteiger charge is -2.36. The molecule has 23 heavy (non-hydrogen) atoms. The summed E-state index contributed by atoms with van der Waals surface area (Å²) in [7, 11) is -0.290. The van der Waals surface area contributed by atoms with Crippen molar-refractivity contribution in [3.05, 3.63) is 11.4 Å². The average molecular weight is 340 g/mol. The first kappa shape index (κ1) is 18.1. The van der Waals surface area contributed by atoms with Crippen molar-refractivity contribution in [2.45, 2.75) is 64.7 Å².